The number of rotatable bonds is 5. The molecule has 0 radical (unpaired) electrons. The van der Waals surface area contributed by atoms with Gasteiger partial charge in [0.15, 0.2) is 0 Å². The van der Waals surface area contributed by atoms with Crippen molar-refractivity contribution in [2.75, 3.05) is 20.2 Å². The van der Waals surface area contributed by atoms with Crippen molar-refractivity contribution in [2.45, 2.75) is 27.2 Å². The van der Waals surface area contributed by atoms with Crippen molar-refractivity contribution < 1.29 is 9.53 Å². The van der Waals surface area contributed by atoms with Crippen LogP contribution in [0.4, 0.5) is 4.79 Å². The zero-order valence-electron chi connectivity index (χ0n) is 12.2. The van der Waals surface area contributed by atoms with Gasteiger partial charge in [-0.2, -0.15) is 0 Å². The maximum absolute atomic E-state index is 11.6. The largest absolute Gasteiger partial charge is 0.497 e. The molecular formula is C15H24N2O2. The van der Waals surface area contributed by atoms with Gasteiger partial charge in [-0.05, 0) is 29.5 Å². The van der Waals surface area contributed by atoms with Gasteiger partial charge < -0.3 is 15.4 Å². The first-order valence-corrected chi connectivity index (χ1v) is 6.55. The van der Waals surface area contributed by atoms with E-state index in [1.807, 2.05) is 24.3 Å². The average molecular weight is 264 g/mol. The van der Waals surface area contributed by atoms with Gasteiger partial charge in [0.25, 0.3) is 0 Å². The number of benzene rings is 1. The van der Waals surface area contributed by atoms with Crippen LogP contribution < -0.4 is 15.4 Å². The summed E-state index contributed by atoms with van der Waals surface area (Å²) in [6.45, 7) is 7.54. The molecule has 19 heavy (non-hydrogen) atoms. The number of carbonyl (C=O) groups excluding carboxylic acids is 1. The van der Waals surface area contributed by atoms with Gasteiger partial charge in [-0.1, -0.05) is 32.9 Å². The van der Waals surface area contributed by atoms with Gasteiger partial charge >= 0.3 is 6.03 Å². The second-order valence-electron chi connectivity index (χ2n) is 5.77. The molecule has 0 spiro atoms. The lowest BCUT2D eigenvalue weighted by molar-refractivity contribution is 0.235. The van der Waals surface area contributed by atoms with Crippen LogP contribution in [-0.4, -0.2) is 26.2 Å². The fourth-order valence-corrected chi connectivity index (χ4v) is 1.56. The molecule has 1 aromatic rings. The van der Waals surface area contributed by atoms with Gasteiger partial charge in [-0.15, -0.1) is 0 Å². The number of nitrogens with one attached hydrogen (secondary N) is 2. The molecule has 0 saturated heterocycles. The van der Waals surface area contributed by atoms with Crippen molar-refractivity contribution in [1.82, 2.24) is 10.6 Å². The van der Waals surface area contributed by atoms with Gasteiger partial charge in [0.1, 0.15) is 5.75 Å². The van der Waals surface area contributed by atoms with E-state index in [9.17, 15) is 4.79 Å². The zero-order chi connectivity index (χ0) is 14.3. The van der Waals surface area contributed by atoms with Crippen molar-refractivity contribution in [1.29, 1.82) is 0 Å². The quantitative estimate of drug-likeness (QED) is 0.859. The molecule has 0 fully saturated rings. The SMILES string of the molecule is COc1cccc(CCNC(=O)NCC(C)(C)C)c1. The standard InChI is InChI=1S/C15H24N2O2/c1-15(2,3)11-17-14(18)16-9-8-12-6-5-7-13(10-12)19-4/h5-7,10H,8-9,11H2,1-4H3,(H2,16,17,18). The van der Waals surface area contributed by atoms with Crippen molar-refractivity contribution in [3.63, 3.8) is 0 Å². The first-order chi connectivity index (χ1) is 8.90. The molecule has 4 heteroatoms. The minimum absolute atomic E-state index is 0.101. The van der Waals surface area contributed by atoms with Crippen LogP contribution in [-0.2, 0) is 6.42 Å². The highest BCUT2D eigenvalue weighted by atomic mass is 16.5. The van der Waals surface area contributed by atoms with Crippen molar-refractivity contribution in [3.8, 4) is 5.75 Å². The summed E-state index contributed by atoms with van der Waals surface area (Å²) in [4.78, 5) is 11.6. The molecule has 0 aliphatic heterocycles. The molecule has 1 aromatic carbocycles. The van der Waals surface area contributed by atoms with Crippen molar-refractivity contribution in [3.05, 3.63) is 29.8 Å². The Hall–Kier alpha value is -1.71. The molecule has 0 aromatic heterocycles. The number of carbonyl (C=O) groups is 1. The van der Waals surface area contributed by atoms with Crippen LogP contribution in [0.2, 0.25) is 0 Å². The third-order valence-corrected chi connectivity index (χ3v) is 2.61. The molecule has 0 atom stereocenters. The number of amides is 2. The fraction of sp³-hybridized carbons (Fsp3) is 0.533. The second-order valence-corrected chi connectivity index (χ2v) is 5.77. The van der Waals surface area contributed by atoms with Gasteiger partial charge in [-0.25, -0.2) is 4.79 Å². The molecule has 0 bridgehead atoms. The lowest BCUT2D eigenvalue weighted by atomic mass is 9.97. The molecule has 2 N–H and O–H groups in total. The van der Waals surface area contributed by atoms with Crippen LogP contribution in [0.15, 0.2) is 24.3 Å². The molecule has 1 rings (SSSR count). The van der Waals surface area contributed by atoms with Crippen LogP contribution in [0.25, 0.3) is 0 Å². The highest BCUT2D eigenvalue weighted by Crippen LogP contribution is 2.12. The van der Waals surface area contributed by atoms with E-state index in [1.165, 1.54) is 0 Å². The lowest BCUT2D eigenvalue weighted by Crippen LogP contribution is -2.40. The van der Waals surface area contributed by atoms with Crippen molar-refractivity contribution in [2.24, 2.45) is 5.41 Å². The topological polar surface area (TPSA) is 50.4 Å². The Labute approximate surface area is 115 Å². The molecular weight excluding hydrogens is 240 g/mol. The van der Waals surface area contributed by atoms with Crippen LogP contribution >= 0.6 is 0 Å². The van der Waals surface area contributed by atoms with E-state index in [0.29, 0.717) is 13.1 Å². The first kappa shape index (κ1) is 15.3. The molecule has 0 saturated carbocycles. The van der Waals surface area contributed by atoms with Crippen LogP contribution in [0.5, 0.6) is 5.75 Å². The van der Waals surface area contributed by atoms with E-state index in [-0.39, 0.29) is 11.4 Å². The smallest absolute Gasteiger partial charge is 0.314 e. The molecule has 4 nitrogen and oxygen atoms in total. The Bertz CT molecular complexity index is 411. The predicted molar refractivity (Wildman–Crippen MR) is 77.6 cm³/mol. The normalized spacial score (nSPS) is 10.9. The minimum atomic E-state index is -0.113. The monoisotopic (exact) mass is 264 g/mol. The van der Waals surface area contributed by atoms with Gasteiger partial charge in [-0.3, -0.25) is 0 Å². The van der Waals surface area contributed by atoms with E-state index >= 15 is 0 Å². The Balaban J connectivity index is 2.28. The van der Waals surface area contributed by atoms with E-state index in [0.717, 1.165) is 17.7 Å². The maximum atomic E-state index is 11.6. The summed E-state index contributed by atoms with van der Waals surface area (Å²) in [6.07, 6.45) is 0.792. The third-order valence-electron chi connectivity index (χ3n) is 2.61. The number of methoxy groups -OCH3 is 1. The van der Waals surface area contributed by atoms with Crippen molar-refractivity contribution >= 4 is 6.03 Å². The molecule has 0 unspecified atom stereocenters. The number of hydrogen-bond acceptors (Lipinski definition) is 2. The highest BCUT2D eigenvalue weighted by molar-refractivity contribution is 5.73. The van der Waals surface area contributed by atoms with Gasteiger partial charge in [0.2, 0.25) is 0 Å². The third kappa shape index (κ3) is 6.70. The summed E-state index contributed by atoms with van der Waals surface area (Å²) in [5, 5.41) is 5.71. The fourth-order valence-electron chi connectivity index (χ4n) is 1.56. The first-order valence-electron chi connectivity index (χ1n) is 6.55. The van der Waals surface area contributed by atoms with Crippen LogP contribution in [0.1, 0.15) is 26.3 Å². The number of ether oxygens (including phenoxy) is 1. The zero-order valence-corrected chi connectivity index (χ0v) is 12.2. The second kappa shape index (κ2) is 7.02. The molecule has 106 valence electrons. The predicted octanol–water partition coefficient (Wildman–Crippen LogP) is 2.58. The highest BCUT2D eigenvalue weighted by Gasteiger charge is 2.11. The number of hydrogen-bond donors (Lipinski definition) is 2. The molecule has 0 aliphatic carbocycles. The maximum Gasteiger partial charge on any atom is 0.314 e. The van der Waals surface area contributed by atoms with E-state index in [4.69, 9.17) is 4.74 Å². The summed E-state index contributed by atoms with van der Waals surface area (Å²) >= 11 is 0. The summed E-state index contributed by atoms with van der Waals surface area (Å²) < 4.78 is 5.16. The Kier molecular flexibility index (Phi) is 5.67. The summed E-state index contributed by atoms with van der Waals surface area (Å²) in [7, 11) is 1.65. The summed E-state index contributed by atoms with van der Waals surface area (Å²) in [6, 6.07) is 7.75. The molecule has 2 amide bonds. The number of urea groups is 1. The Morgan fingerprint density at radius 2 is 2.00 bits per heavy atom. The summed E-state index contributed by atoms with van der Waals surface area (Å²) in [5.41, 5.74) is 1.25. The van der Waals surface area contributed by atoms with Gasteiger partial charge in [0, 0.05) is 13.1 Å². The molecule has 0 heterocycles. The summed E-state index contributed by atoms with van der Waals surface area (Å²) in [5.74, 6) is 0.842. The Morgan fingerprint density at radius 1 is 1.26 bits per heavy atom. The average Bonchev–Trinajstić information content (AvgIpc) is 2.36. The van der Waals surface area contributed by atoms with Gasteiger partial charge in [0.05, 0.1) is 7.11 Å². The minimum Gasteiger partial charge on any atom is -0.497 e. The van der Waals surface area contributed by atoms with Crippen LogP contribution in [0.3, 0.4) is 0 Å². The van der Waals surface area contributed by atoms with E-state index < -0.39 is 0 Å². The lowest BCUT2D eigenvalue weighted by Gasteiger charge is -2.18. The Morgan fingerprint density at radius 3 is 2.63 bits per heavy atom. The van der Waals surface area contributed by atoms with E-state index in [2.05, 4.69) is 31.4 Å². The van der Waals surface area contributed by atoms with E-state index in [1.54, 1.807) is 7.11 Å². The van der Waals surface area contributed by atoms with Crippen LogP contribution in [0, 0.1) is 5.41 Å². The molecule has 0 aliphatic rings.